The van der Waals surface area contributed by atoms with E-state index in [-0.39, 0.29) is 11.0 Å². The summed E-state index contributed by atoms with van der Waals surface area (Å²) in [6.07, 6.45) is 8.20. The predicted molar refractivity (Wildman–Crippen MR) is 81.8 cm³/mol. The lowest BCUT2D eigenvalue weighted by molar-refractivity contribution is 0.258. The number of rotatable bonds is 5. The summed E-state index contributed by atoms with van der Waals surface area (Å²) in [4.78, 5) is 0. The second kappa shape index (κ2) is 5.08. The molecular weight excluding hydrogens is 248 g/mol. The molecule has 0 spiro atoms. The van der Waals surface area contributed by atoms with Crippen LogP contribution < -0.4 is 0 Å². The largest absolute Gasteiger partial charge is 0.276 e. The summed E-state index contributed by atoms with van der Waals surface area (Å²) in [5.41, 5.74) is 2.48. The van der Waals surface area contributed by atoms with E-state index in [1.807, 2.05) is 24.1 Å². The first-order valence-corrected chi connectivity index (χ1v) is 7.23. The van der Waals surface area contributed by atoms with Gasteiger partial charge in [-0.25, -0.2) is 0 Å². The molecule has 0 amide bonds. The summed E-state index contributed by atoms with van der Waals surface area (Å²) >= 11 is 0. The van der Waals surface area contributed by atoms with Crippen molar-refractivity contribution in [3.8, 4) is 0 Å². The van der Waals surface area contributed by atoms with Gasteiger partial charge in [-0.05, 0) is 45.2 Å². The molecule has 0 aliphatic carbocycles. The SMILES string of the molecule is Cc1cnn(C(C)(C)CCC(C)(C)c2ccn(C)n2)c1. The third kappa shape index (κ3) is 3.11. The van der Waals surface area contributed by atoms with Crippen LogP contribution >= 0.6 is 0 Å². The first kappa shape index (κ1) is 14.8. The van der Waals surface area contributed by atoms with Gasteiger partial charge in [0.05, 0.1) is 17.4 Å². The Labute approximate surface area is 121 Å². The quantitative estimate of drug-likeness (QED) is 0.837. The zero-order chi connectivity index (χ0) is 15.0. The zero-order valence-electron chi connectivity index (χ0n) is 13.5. The van der Waals surface area contributed by atoms with Crippen LogP contribution in [0, 0.1) is 6.92 Å². The van der Waals surface area contributed by atoms with Crippen molar-refractivity contribution < 1.29 is 0 Å². The molecule has 0 saturated carbocycles. The Morgan fingerprint density at radius 1 is 1.15 bits per heavy atom. The van der Waals surface area contributed by atoms with Crippen molar-refractivity contribution in [2.75, 3.05) is 0 Å². The minimum atomic E-state index is 0.0281. The monoisotopic (exact) mass is 274 g/mol. The molecular formula is C16H26N4. The van der Waals surface area contributed by atoms with Crippen LogP contribution in [0.3, 0.4) is 0 Å². The highest BCUT2D eigenvalue weighted by molar-refractivity contribution is 5.12. The summed E-state index contributed by atoms with van der Waals surface area (Å²) in [6, 6.07) is 2.12. The maximum absolute atomic E-state index is 4.55. The summed E-state index contributed by atoms with van der Waals surface area (Å²) in [5.74, 6) is 0. The van der Waals surface area contributed by atoms with Gasteiger partial charge >= 0.3 is 0 Å². The summed E-state index contributed by atoms with van der Waals surface area (Å²) < 4.78 is 3.95. The second-order valence-electron chi connectivity index (χ2n) is 7.03. The third-order valence-electron chi connectivity index (χ3n) is 4.10. The van der Waals surface area contributed by atoms with Gasteiger partial charge in [0.2, 0.25) is 0 Å². The van der Waals surface area contributed by atoms with Crippen LogP contribution in [0.1, 0.15) is 51.8 Å². The molecule has 4 nitrogen and oxygen atoms in total. The molecule has 4 heteroatoms. The number of hydrogen-bond acceptors (Lipinski definition) is 2. The van der Waals surface area contributed by atoms with Crippen molar-refractivity contribution in [3.05, 3.63) is 35.9 Å². The molecule has 0 saturated heterocycles. The van der Waals surface area contributed by atoms with E-state index in [0.29, 0.717) is 0 Å². The van der Waals surface area contributed by atoms with Crippen LogP contribution in [0.25, 0.3) is 0 Å². The van der Waals surface area contributed by atoms with E-state index in [4.69, 9.17) is 0 Å². The molecule has 0 aliphatic rings. The molecule has 0 radical (unpaired) electrons. The van der Waals surface area contributed by atoms with Gasteiger partial charge in [-0.2, -0.15) is 10.2 Å². The maximum Gasteiger partial charge on any atom is 0.0680 e. The van der Waals surface area contributed by atoms with E-state index in [9.17, 15) is 0 Å². The molecule has 20 heavy (non-hydrogen) atoms. The van der Waals surface area contributed by atoms with E-state index < -0.39 is 0 Å². The molecule has 0 aromatic carbocycles. The van der Waals surface area contributed by atoms with Gasteiger partial charge in [-0.3, -0.25) is 9.36 Å². The smallest absolute Gasteiger partial charge is 0.0680 e. The van der Waals surface area contributed by atoms with Crippen LogP contribution in [0.4, 0.5) is 0 Å². The molecule has 0 N–H and O–H groups in total. The van der Waals surface area contributed by atoms with Crippen molar-refractivity contribution in [3.63, 3.8) is 0 Å². The summed E-state index contributed by atoms with van der Waals surface area (Å²) in [7, 11) is 1.97. The molecule has 2 aromatic heterocycles. The molecule has 2 heterocycles. The highest BCUT2D eigenvalue weighted by Crippen LogP contribution is 2.32. The average molecular weight is 274 g/mol. The summed E-state index contributed by atoms with van der Waals surface area (Å²) in [6.45, 7) is 11.1. The lowest BCUT2D eigenvalue weighted by atomic mass is 9.80. The summed E-state index contributed by atoms with van der Waals surface area (Å²) in [5, 5.41) is 9.02. The molecule has 0 fully saturated rings. The van der Waals surface area contributed by atoms with E-state index in [2.05, 4.69) is 61.8 Å². The minimum absolute atomic E-state index is 0.0281. The van der Waals surface area contributed by atoms with Crippen LogP contribution in [0.2, 0.25) is 0 Å². The first-order valence-electron chi connectivity index (χ1n) is 7.23. The van der Waals surface area contributed by atoms with Crippen LogP contribution in [-0.2, 0) is 18.0 Å². The highest BCUT2D eigenvalue weighted by Gasteiger charge is 2.28. The Balaban J connectivity index is 2.07. The molecule has 110 valence electrons. The zero-order valence-corrected chi connectivity index (χ0v) is 13.5. The number of aromatic nitrogens is 4. The second-order valence-corrected chi connectivity index (χ2v) is 7.03. The Hall–Kier alpha value is -1.58. The molecule has 2 rings (SSSR count). The van der Waals surface area contributed by atoms with Gasteiger partial charge < -0.3 is 0 Å². The van der Waals surface area contributed by atoms with E-state index in [1.165, 1.54) is 5.56 Å². The van der Waals surface area contributed by atoms with Crippen LogP contribution in [-0.4, -0.2) is 19.6 Å². The topological polar surface area (TPSA) is 35.6 Å². The van der Waals surface area contributed by atoms with Crippen molar-refractivity contribution in [2.24, 2.45) is 7.05 Å². The third-order valence-corrected chi connectivity index (χ3v) is 4.10. The Kier molecular flexibility index (Phi) is 3.76. The van der Waals surface area contributed by atoms with Crippen molar-refractivity contribution in [2.45, 2.75) is 58.4 Å². The molecule has 0 aliphatic heterocycles. The van der Waals surface area contributed by atoms with Gasteiger partial charge in [0.25, 0.3) is 0 Å². The Morgan fingerprint density at radius 3 is 2.35 bits per heavy atom. The predicted octanol–water partition coefficient (Wildman–Crippen LogP) is 3.42. The maximum atomic E-state index is 4.55. The van der Waals surface area contributed by atoms with Gasteiger partial charge in [0, 0.05) is 24.9 Å². The fraction of sp³-hybridized carbons (Fsp3) is 0.625. The first-order chi connectivity index (χ1) is 9.21. The minimum Gasteiger partial charge on any atom is -0.276 e. The normalized spacial score (nSPS) is 12.9. The fourth-order valence-corrected chi connectivity index (χ4v) is 2.38. The Morgan fingerprint density at radius 2 is 1.85 bits per heavy atom. The van der Waals surface area contributed by atoms with E-state index in [0.717, 1.165) is 18.5 Å². The molecule has 0 unspecified atom stereocenters. The van der Waals surface area contributed by atoms with Crippen LogP contribution in [0.5, 0.6) is 0 Å². The van der Waals surface area contributed by atoms with Crippen molar-refractivity contribution in [1.82, 2.24) is 19.6 Å². The molecule has 0 bridgehead atoms. The highest BCUT2D eigenvalue weighted by atomic mass is 15.3. The lowest BCUT2D eigenvalue weighted by Crippen LogP contribution is -2.30. The number of hydrogen-bond donors (Lipinski definition) is 0. The Bertz CT molecular complexity index is 523. The fourth-order valence-electron chi connectivity index (χ4n) is 2.38. The van der Waals surface area contributed by atoms with Gasteiger partial charge in [-0.15, -0.1) is 0 Å². The number of nitrogens with zero attached hydrogens (tertiary/aromatic N) is 4. The molecule has 0 atom stereocenters. The van der Waals surface area contributed by atoms with E-state index >= 15 is 0 Å². The van der Waals surface area contributed by atoms with Crippen molar-refractivity contribution in [1.29, 1.82) is 0 Å². The van der Waals surface area contributed by atoms with Crippen molar-refractivity contribution >= 4 is 0 Å². The van der Waals surface area contributed by atoms with Gasteiger partial charge in [-0.1, -0.05) is 13.8 Å². The van der Waals surface area contributed by atoms with Crippen LogP contribution in [0.15, 0.2) is 24.7 Å². The average Bonchev–Trinajstić information content (AvgIpc) is 2.96. The van der Waals surface area contributed by atoms with E-state index in [1.54, 1.807) is 0 Å². The lowest BCUT2D eigenvalue weighted by Gasteiger charge is -2.30. The van der Waals surface area contributed by atoms with Gasteiger partial charge in [0.1, 0.15) is 0 Å². The van der Waals surface area contributed by atoms with Gasteiger partial charge in [0.15, 0.2) is 0 Å². The standard InChI is InChI=1S/C16H26N4/c1-13-11-17-20(12-13)16(4,5)9-8-15(2,3)14-7-10-19(6)18-14/h7,10-12H,8-9H2,1-6H3. The number of aryl methyl sites for hydroxylation is 2. The molecule has 2 aromatic rings.